The maximum Gasteiger partial charge on any atom is 0.0972 e. The molecule has 3 nitrogen and oxygen atoms in total. The van der Waals surface area contributed by atoms with Crippen molar-refractivity contribution in [3.05, 3.63) is 29.6 Å². The van der Waals surface area contributed by atoms with Crippen LogP contribution >= 0.6 is 0 Å². The fourth-order valence-electron chi connectivity index (χ4n) is 2.38. The first-order valence-corrected chi connectivity index (χ1v) is 6.46. The van der Waals surface area contributed by atoms with Gasteiger partial charge >= 0.3 is 0 Å². The van der Waals surface area contributed by atoms with Gasteiger partial charge in [-0.05, 0) is 37.0 Å². The third-order valence-electron chi connectivity index (χ3n) is 3.59. The van der Waals surface area contributed by atoms with Gasteiger partial charge in [0.2, 0.25) is 0 Å². The Bertz CT molecular complexity index is 392. The van der Waals surface area contributed by atoms with E-state index >= 15 is 0 Å². The summed E-state index contributed by atoms with van der Waals surface area (Å²) in [5, 5.41) is 0. The number of nitrogens with two attached hydrogens (primary N) is 1. The molecule has 0 aromatic carbocycles. The van der Waals surface area contributed by atoms with Crippen LogP contribution in [0.2, 0.25) is 0 Å². The van der Waals surface area contributed by atoms with Gasteiger partial charge in [0.25, 0.3) is 0 Å². The maximum atomic E-state index is 6.08. The Labute approximate surface area is 103 Å². The number of hydrogen-bond acceptors (Lipinski definition) is 2. The molecule has 92 valence electrons. The van der Waals surface area contributed by atoms with Crippen LogP contribution in [0.4, 0.5) is 0 Å². The van der Waals surface area contributed by atoms with E-state index in [1.165, 1.54) is 43.2 Å². The summed E-state index contributed by atoms with van der Waals surface area (Å²) >= 11 is 0. The van der Waals surface area contributed by atoms with E-state index in [1.807, 2.05) is 18.5 Å². The van der Waals surface area contributed by atoms with Gasteiger partial charge in [-0.2, -0.15) is 0 Å². The SMILES string of the molecule is Cc1cnccc1CN=C(N)C1CCCCC1. The van der Waals surface area contributed by atoms with E-state index in [2.05, 4.69) is 16.9 Å². The second kappa shape index (κ2) is 5.80. The van der Waals surface area contributed by atoms with Crippen molar-refractivity contribution in [2.24, 2.45) is 16.6 Å². The summed E-state index contributed by atoms with van der Waals surface area (Å²) in [6, 6.07) is 2.02. The van der Waals surface area contributed by atoms with Gasteiger partial charge in [0.1, 0.15) is 0 Å². The van der Waals surface area contributed by atoms with E-state index in [4.69, 9.17) is 5.73 Å². The van der Waals surface area contributed by atoms with Crippen LogP contribution in [0.5, 0.6) is 0 Å². The van der Waals surface area contributed by atoms with E-state index < -0.39 is 0 Å². The summed E-state index contributed by atoms with van der Waals surface area (Å²) in [5.41, 5.74) is 8.49. The molecule has 0 radical (unpaired) electrons. The lowest BCUT2D eigenvalue weighted by Crippen LogP contribution is -2.25. The van der Waals surface area contributed by atoms with E-state index in [-0.39, 0.29) is 0 Å². The lowest BCUT2D eigenvalue weighted by atomic mass is 9.88. The third-order valence-corrected chi connectivity index (χ3v) is 3.59. The van der Waals surface area contributed by atoms with Gasteiger partial charge in [0.05, 0.1) is 12.4 Å². The lowest BCUT2D eigenvalue weighted by Gasteiger charge is -2.20. The molecule has 0 bridgehead atoms. The molecule has 1 aliphatic carbocycles. The number of aliphatic imine (C=N–C) groups is 1. The largest absolute Gasteiger partial charge is 0.387 e. The highest BCUT2D eigenvalue weighted by atomic mass is 14.9. The van der Waals surface area contributed by atoms with E-state index in [0.717, 1.165) is 5.84 Å². The molecule has 3 heteroatoms. The number of amidine groups is 1. The average molecular weight is 231 g/mol. The Hall–Kier alpha value is -1.38. The summed E-state index contributed by atoms with van der Waals surface area (Å²) in [5.74, 6) is 1.37. The molecule has 1 aromatic heterocycles. The van der Waals surface area contributed by atoms with Crippen molar-refractivity contribution in [1.82, 2.24) is 4.98 Å². The highest BCUT2D eigenvalue weighted by molar-refractivity contribution is 5.82. The van der Waals surface area contributed by atoms with Crippen LogP contribution in [0.3, 0.4) is 0 Å². The van der Waals surface area contributed by atoms with Crippen LogP contribution in [0.25, 0.3) is 0 Å². The second-order valence-corrected chi connectivity index (χ2v) is 4.88. The van der Waals surface area contributed by atoms with Gasteiger partial charge in [-0.3, -0.25) is 9.98 Å². The van der Waals surface area contributed by atoms with Gasteiger partial charge in [-0.15, -0.1) is 0 Å². The zero-order chi connectivity index (χ0) is 12.1. The Morgan fingerprint density at radius 1 is 1.41 bits per heavy atom. The van der Waals surface area contributed by atoms with Crippen molar-refractivity contribution < 1.29 is 0 Å². The van der Waals surface area contributed by atoms with Crippen molar-refractivity contribution in [3.63, 3.8) is 0 Å². The maximum absolute atomic E-state index is 6.08. The van der Waals surface area contributed by atoms with Crippen LogP contribution < -0.4 is 5.73 Å². The molecule has 0 unspecified atom stereocenters. The third kappa shape index (κ3) is 3.29. The summed E-state index contributed by atoms with van der Waals surface area (Å²) in [4.78, 5) is 8.63. The van der Waals surface area contributed by atoms with Gasteiger partial charge < -0.3 is 5.73 Å². The van der Waals surface area contributed by atoms with Crippen molar-refractivity contribution >= 4 is 5.84 Å². The van der Waals surface area contributed by atoms with Gasteiger partial charge in [0, 0.05) is 18.3 Å². The van der Waals surface area contributed by atoms with Crippen LogP contribution in [-0.2, 0) is 6.54 Å². The Balaban J connectivity index is 1.97. The summed E-state index contributed by atoms with van der Waals surface area (Å²) < 4.78 is 0. The molecule has 0 amide bonds. The molecule has 2 rings (SSSR count). The molecule has 1 aromatic rings. The predicted molar refractivity (Wildman–Crippen MR) is 70.9 cm³/mol. The van der Waals surface area contributed by atoms with Crippen LogP contribution in [0, 0.1) is 12.8 Å². The Kier molecular flexibility index (Phi) is 4.13. The molecule has 1 aliphatic rings. The normalized spacial score (nSPS) is 18.3. The van der Waals surface area contributed by atoms with E-state index in [0.29, 0.717) is 12.5 Å². The van der Waals surface area contributed by atoms with Gasteiger partial charge in [-0.25, -0.2) is 0 Å². The topological polar surface area (TPSA) is 51.3 Å². The first-order chi connectivity index (χ1) is 8.27. The second-order valence-electron chi connectivity index (χ2n) is 4.88. The monoisotopic (exact) mass is 231 g/mol. The first-order valence-electron chi connectivity index (χ1n) is 6.46. The molecular weight excluding hydrogens is 210 g/mol. The van der Waals surface area contributed by atoms with Crippen molar-refractivity contribution in [1.29, 1.82) is 0 Å². The van der Waals surface area contributed by atoms with Gasteiger partial charge in [0.15, 0.2) is 0 Å². The molecule has 1 heterocycles. The van der Waals surface area contributed by atoms with Crippen LogP contribution in [-0.4, -0.2) is 10.8 Å². The lowest BCUT2D eigenvalue weighted by molar-refractivity contribution is 0.436. The highest BCUT2D eigenvalue weighted by Crippen LogP contribution is 2.23. The zero-order valence-electron chi connectivity index (χ0n) is 10.5. The zero-order valence-corrected chi connectivity index (χ0v) is 10.5. The molecule has 2 N–H and O–H groups in total. The number of aryl methyl sites for hydroxylation is 1. The predicted octanol–water partition coefficient (Wildman–Crippen LogP) is 2.83. The Morgan fingerprint density at radius 3 is 2.88 bits per heavy atom. The fourth-order valence-corrected chi connectivity index (χ4v) is 2.38. The number of hydrogen-bond donors (Lipinski definition) is 1. The van der Waals surface area contributed by atoms with Crippen molar-refractivity contribution in [2.75, 3.05) is 0 Å². The number of aromatic nitrogens is 1. The molecular formula is C14H21N3. The van der Waals surface area contributed by atoms with Crippen LogP contribution in [0.15, 0.2) is 23.5 Å². The summed E-state index contributed by atoms with van der Waals surface area (Å²) in [6.45, 7) is 2.76. The number of nitrogens with zero attached hydrogens (tertiary/aromatic N) is 2. The molecule has 17 heavy (non-hydrogen) atoms. The number of rotatable bonds is 3. The average Bonchev–Trinajstić information content (AvgIpc) is 2.38. The molecule has 0 atom stereocenters. The smallest absolute Gasteiger partial charge is 0.0972 e. The van der Waals surface area contributed by atoms with E-state index in [9.17, 15) is 0 Å². The molecule has 1 saturated carbocycles. The minimum absolute atomic E-state index is 0.519. The highest BCUT2D eigenvalue weighted by Gasteiger charge is 2.16. The van der Waals surface area contributed by atoms with Crippen LogP contribution in [0.1, 0.15) is 43.2 Å². The van der Waals surface area contributed by atoms with Crippen molar-refractivity contribution in [3.8, 4) is 0 Å². The summed E-state index contributed by atoms with van der Waals surface area (Å²) in [6.07, 6.45) is 10.1. The minimum Gasteiger partial charge on any atom is -0.387 e. The molecule has 0 saturated heterocycles. The Morgan fingerprint density at radius 2 is 2.18 bits per heavy atom. The summed E-state index contributed by atoms with van der Waals surface area (Å²) in [7, 11) is 0. The molecule has 1 fully saturated rings. The molecule has 0 aliphatic heterocycles. The minimum atomic E-state index is 0.519. The quantitative estimate of drug-likeness (QED) is 0.642. The number of pyridine rings is 1. The fraction of sp³-hybridized carbons (Fsp3) is 0.571. The van der Waals surface area contributed by atoms with Crippen molar-refractivity contribution in [2.45, 2.75) is 45.6 Å². The molecule has 0 spiro atoms. The van der Waals surface area contributed by atoms with Gasteiger partial charge in [-0.1, -0.05) is 19.3 Å². The standard InChI is InChI=1S/C14H21N3/c1-11-9-16-8-7-13(11)10-17-14(15)12-5-3-2-4-6-12/h7-9,12H,2-6,10H2,1H3,(H2,15,17). The van der Waals surface area contributed by atoms with E-state index in [1.54, 1.807) is 0 Å². The first kappa shape index (κ1) is 12.1.